The number of anilines is 1. The molecule has 1 amide bonds. The summed E-state index contributed by atoms with van der Waals surface area (Å²) in [6.07, 6.45) is 5.48. The van der Waals surface area contributed by atoms with Crippen LogP contribution < -0.4 is 4.90 Å². The minimum absolute atomic E-state index is 0.156. The lowest BCUT2D eigenvalue weighted by atomic mass is 10.1. The molecule has 1 rings (SSSR count). The Hall–Kier alpha value is -1.38. The van der Waals surface area contributed by atoms with E-state index in [4.69, 9.17) is 0 Å². The van der Waals surface area contributed by atoms with Crippen LogP contribution in [0.1, 0.15) is 51.2 Å². The summed E-state index contributed by atoms with van der Waals surface area (Å²) < 4.78 is 0. The number of amides is 1. The lowest BCUT2D eigenvalue weighted by Crippen LogP contribution is -2.32. The highest BCUT2D eigenvalue weighted by Gasteiger charge is 2.16. The van der Waals surface area contributed by atoms with Gasteiger partial charge >= 0.3 is 0 Å². The van der Waals surface area contributed by atoms with Crippen LogP contribution in [0.15, 0.2) is 12.3 Å². The van der Waals surface area contributed by atoms with Gasteiger partial charge in [-0.3, -0.25) is 9.69 Å². The van der Waals surface area contributed by atoms with Crippen LogP contribution in [0.2, 0.25) is 0 Å². The van der Waals surface area contributed by atoms with Crippen LogP contribution in [0.4, 0.5) is 5.82 Å². The highest BCUT2D eigenvalue weighted by molar-refractivity contribution is 5.92. The van der Waals surface area contributed by atoms with Gasteiger partial charge in [-0.1, -0.05) is 33.3 Å². The molecule has 18 heavy (non-hydrogen) atoms. The first-order chi connectivity index (χ1) is 8.63. The minimum Gasteiger partial charge on any atom is -0.297 e. The number of hydrogen-bond donors (Lipinski definition) is 0. The molecule has 0 aromatic carbocycles. The maximum absolute atomic E-state index is 12.0. The molecule has 0 aliphatic rings. The first kappa shape index (κ1) is 14.7. The van der Waals surface area contributed by atoms with Crippen molar-refractivity contribution in [1.29, 1.82) is 0 Å². The van der Waals surface area contributed by atoms with Crippen LogP contribution in [-0.4, -0.2) is 17.4 Å². The Labute approximate surface area is 110 Å². The summed E-state index contributed by atoms with van der Waals surface area (Å²) in [7, 11) is 0. The molecule has 0 spiro atoms. The van der Waals surface area contributed by atoms with Gasteiger partial charge in [-0.25, -0.2) is 4.98 Å². The van der Waals surface area contributed by atoms with E-state index in [-0.39, 0.29) is 5.91 Å². The van der Waals surface area contributed by atoms with Gasteiger partial charge in [0.05, 0.1) is 0 Å². The van der Waals surface area contributed by atoms with Crippen LogP contribution in [0.25, 0.3) is 0 Å². The van der Waals surface area contributed by atoms with E-state index in [1.165, 1.54) is 5.56 Å². The summed E-state index contributed by atoms with van der Waals surface area (Å²) in [4.78, 5) is 18.3. The zero-order valence-electron chi connectivity index (χ0n) is 12.0. The van der Waals surface area contributed by atoms with Gasteiger partial charge in [0, 0.05) is 19.2 Å². The Morgan fingerprint density at radius 2 is 2.06 bits per heavy atom. The average Bonchev–Trinajstić information content (AvgIpc) is 2.39. The molecule has 0 saturated heterocycles. The molecule has 1 heterocycles. The van der Waals surface area contributed by atoms with Crippen molar-refractivity contribution < 1.29 is 4.79 Å². The summed E-state index contributed by atoms with van der Waals surface area (Å²) in [6.45, 7) is 8.94. The fraction of sp³-hybridized carbons (Fsp3) is 0.600. The second-order valence-electron chi connectivity index (χ2n) is 4.59. The highest BCUT2D eigenvalue weighted by atomic mass is 16.2. The third kappa shape index (κ3) is 3.56. The Bertz CT molecular complexity index is 401. The third-order valence-electron chi connectivity index (χ3n) is 3.11. The molecule has 0 aliphatic heterocycles. The predicted octanol–water partition coefficient (Wildman–Crippen LogP) is 3.50. The standard InChI is InChI=1S/C15H24N2O/c1-5-8-9-17(14(18)7-3)15-12(4)10-13(6-2)11-16-15/h10-11H,5-9H2,1-4H3. The van der Waals surface area contributed by atoms with E-state index < -0.39 is 0 Å². The van der Waals surface area contributed by atoms with Crippen molar-refractivity contribution in [2.75, 3.05) is 11.4 Å². The second kappa shape index (κ2) is 7.14. The quantitative estimate of drug-likeness (QED) is 0.772. The minimum atomic E-state index is 0.156. The fourth-order valence-corrected chi connectivity index (χ4v) is 1.96. The van der Waals surface area contributed by atoms with Gasteiger partial charge in [0.25, 0.3) is 0 Å². The number of unbranched alkanes of at least 4 members (excludes halogenated alkanes) is 1. The Balaban J connectivity index is 3.00. The molecule has 3 heteroatoms. The highest BCUT2D eigenvalue weighted by Crippen LogP contribution is 2.19. The van der Waals surface area contributed by atoms with Crippen molar-refractivity contribution >= 4 is 11.7 Å². The van der Waals surface area contributed by atoms with Crippen molar-refractivity contribution in [3.63, 3.8) is 0 Å². The topological polar surface area (TPSA) is 33.2 Å². The molecular weight excluding hydrogens is 224 g/mol. The number of hydrogen-bond acceptors (Lipinski definition) is 2. The van der Waals surface area contributed by atoms with Crippen LogP contribution in [0, 0.1) is 6.92 Å². The number of rotatable bonds is 6. The molecular formula is C15H24N2O. The average molecular weight is 248 g/mol. The lowest BCUT2D eigenvalue weighted by Gasteiger charge is -2.23. The summed E-state index contributed by atoms with van der Waals surface area (Å²) in [5.74, 6) is 0.982. The largest absolute Gasteiger partial charge is 0.297 e. The van der Waals surface area contributed by atoms with Crippen molar-refractivity contribution in [3.8, 4) is 0 Å². The second-order valence-corrected chi connectivity index (χ2v) is 4.59. The molecule has 1 aromatic heterocycles. The number of aromatic nitrogens is 1. The first-order valence-corrected chi connectivity index (χ1v) is 6.89. The van der Waals surface area contributed by atoms with Gasteiger partial charge in [-0.2, -0.15) is 0 Å². The van der Waals surface area contributed by atoms with Crippen molar-refractivity contribution in [3.05, 3.63) is 23.4 Å². The zero-order chi connectivity index (χ0) is 13.5. The molecule has 0 unspecified atom stereocenters. The molecule has 1 aromatic rings. The van der Waals surface area contributed by atoms with E-state index in [0.29, 0.717) is 6.42 Å². The number of pyridine rings is 1. The molecule has 3 nitrogen and oxygen atoms in total. The van der Waals surface area contributed by atoms with Crippen LogP contribution in [0.5, 0.6) is 0 Å². The number of carbonyl (C=O) groups excluding carboxylic acids is 1. The fourth-order valence-electron chi connectivity index (χ4n) is 1.96. The van der Waals surface area contributed by atoms with E-state index in [1.807, 2.05) is 24.9 Å². The third-order valence-corrected chi connectivity index (χ3v) is 3.11. The SMILES string of the molecule is CCCCN(C(=O)CC)c1ncc(CC)cc1C. The molecule has 100 valence electrons. The molecule has 0 radical (unpaired) electrons. The number of carbonyl (C=O) groups is 1. The van der Waals surface area contributed by atoms with Crippen molar-refractivity contribution in [1.82, 2.24) is 4.98 Å². The van der Waals surface area contributed by atoms with Gasteiger partial charge in [0.1, 0.15) is 5.82 Å². The summed E-state index contributed by atoms with van der Waals surface area (Å²) in [5, 5.41) is 0. The molecule has 0 atom stereocenters. The van der Waals surface area contributed by atoms with Gasteiger partial charge in [-0.05, 0) is 30.9 Å². The Kier molecular flexibility index (Phi) is 5.83. The predicted molar refractivity (Wildman–Crippen MR) is 75.9 cm³/mol. The zero-order valence-corrected chi connectivity index (χ0v) is 12.0. The van der Waals surface area contributed by atoms with Crippen LogP contribution in [0.3, 0.4) is 0 Å². The van der Waals surface area contributed by atoms with E-state index in [2.05, 4.69) is 24.9 Å². The molecule has 0 saturated carbocycles. The Morgan fingerprint density at radius 1 is 1.33 bits per heavy atom. The van der Waals surface area contributed by atoms with Crippen LogP contribution in [-0.2, 0) is 11.2 Å². The van der Waals surface area contributed by atoms with E-state index in [9.17, 15) is 4.79 Å². The Morgan fingerprint density at radius 3 is 2.56 bits per heavy atom. The summed E-state index contributed by atoms with van der Waals surface area (Å²) in [6, 6.07) is 2.13. The smallest absolute Gasteiger partial charge is 0.227 e. The lowest BCUT2D eigenvalue weighted by molar-refractivity contribution is -0.118. The van der Waals surface area contributed by atoms with Gasteiger partial charge in [0.2, 0.25) is 5.91 Å². The van der Waals surface area contributed by atoms with Crippen LogP contribution >= 0.6 is 0 Å². The summed E-state index contributed by atoms with van der Waals surface area (Å²) >= 11 is 0. The van der Waals surface area contributed by atoms with Crippen molar-refractivity contribution in [2.24, 2.45) is 0 Å². The van der Waals surface area contributed by atoms with Crippen molar-refractivity contribution in [2.45, 2.75) is 53.4 Å². The van der Waals surface area contributed by atoms with E-state index in [0.717, 1.165) is 37.2 Å². The van der Waals surface area contributed by atoms with Gasteiger partial charge in [-0.15, -0.1) is 0 Å². The normalized spacial score (nSPS) is 10.4. The maximum atomic E-state index is 12.0. The van der Waals surface area contributed by atoms with Gasteiger partial charge < -0.3 is 0 Å². The maximum Gasteiger partial charge on any atom is 0.227 e. The molecule has 0 N–H and O–H groups in total. The molecule has 0 bridgehead atoms. The molecule has 0 aliphatic carbocycles. The summed E-state index contributed by atoms with van der Waals surface area (Å²) in [5.41, 5.74) is 2.31. The van der Waals surface area contributed by atoms with Gasteiger partial charge in [0.15, 0.2) is 0 Å². The van der Waals surface area contributed by atoms with E-state index in [1.54, 1.807) is 0 Å². The first-order valence-electron chi connectivity index (χ1n) is 6.89. The monoisotopic (exact) mass is 248 g/mol. The van der Waals surface area contributed by atoms with E-state index >= 15 is 0 Å². The number of nitrogens with zero attached hydrogens (tertiary/aromatic N) is 2. The number of aryl methyl sites for hydroxylation is 2. The molecule has 0 fully saturated rings.